The SMILES string of the molecule is C#Cc1c(F)ccc2cc(C#N)cc(-c3ncc4cnc(OCC56CCCN5CCC6)nc4c3F)c12. The van der Waals surface area contributed by atoms with E-state index in [1.807, 2.05) is 0 Å². The molecular formula is C28H21F2N5O. The summed E-state index contributed by atoms with van der Waals surface area (Å²) in [7, 11) is 0. The zero-order valence-electron chi connectivity index (χ0n) is 19.4. The van der Waals surface area contributed by atoms with E-state index in [0.29, 0.717) is 22.8 Å². The van der Waals surface area contributed by atoms with Gasteiger partial charge in [-0.25, -0.2) is 13.8 Å². The van der Waals surface area contributed by atoms with Crippen molar-refractivity contribution in [1.82, 2.24) is 19.9 Å². The van der Waals surface area contributed by atoms with Gasteiger partial charge in [0.25, 0.3) is 0 Å². The second-order valence-corrected chi connectivity index (χ2v) is 9.38. The van der Waals surface area contributed by atoms with Crippen molar-refractivity contribution < 1.29 is 13.5 Å². The number of nitrogens with zero attached hydrogens (tertiary/aromatic N) is 5. The summed E-state index contributed by atoms with van der Waals surface area (Å²) >= 11 is 0. The van der Waals surface area contributed by atoms with Gasteiger partial charge in [0.1, 0.15) is 23.6 Å². The molecule has 2 aromatic heterocycles. The fraction of sp³-hybridized carbons (Fsp3) is 0.286. The van der Waals surface area contributed by atoms with Gasteiger partial charge in [-0.1, -0.05) is 12.0 Å². The molecule has 2 fully saturated rings. The average molecular weight is 482 g/mol. The Balaban J connectivity index is 1.45. The topological polar surface area (TPSA) is 74.9 Å². The molecule has 0 saturated carbocycles. The Morgan fingerprint density at radius 3 is 2.61 bits per heavy atom. The maximum absolute atomic E-state index is 15.9. The molecule has 2 aliphatic heterocycles. The van der Waals surface area contributed by atoms with E-state index >= 15 is 4.39 Å². The van der Waals surface area contributed by atoms with Crippen LogP contribution in [0.25, 0.3) is 32.9 Å². The van der Waals surface area contributed by atoms with E-state index in [4.69, 9.17) is 11.2 Å². The lowest BCUT2D eigenvalue weighted by atomic mass is 9.94. The molecule has 4 aromatic rings. The molecule has 0 aliphatic carbocycles. The van der Waals surface area contributed by atoms with Crippen LogP contribution >= 0.6 is 0 Å². The Morgan fingerprint density at radius 2 is 1.86 bits per heavy atom. The van der Waals surface area contributed by atoms with Crippen LogP contribution < -0.4 is 4.74 Å². The number of hydrogen-bond donors (Lipinski definition) is 0. The summed E-state index contributed by atoms with van der Waals surface area (Å²) in [5, 5.41) is 10.7. The predicted octanol–water partition coefficient (Wildman–Crippen LogP) is 4.98. The minimum atomic E-state index is -0.718. The first-order valence-corrected chi connectivity index (χ1v) is 11.9. The molecule has 2 aromatic carbocycles. The van der Waals surface area contributed by atoms with E-state index in [1.54, 1.807) is 6.07 Å². The van der Waals surface area contributed by atoms with Gasteiger partial charge in [0, 0.05) is 28.7 Å². The monoisotopic (exact) mass is 481 g/mol. The fourth-order valence-electron chi connectivity index (χ4n) is 5.70. The molecule has 6 rings (SSSR count). The predicted molar refractivity (Wildman–Crippen MR) is 131 cm³/mol. The van der Waals surface area contributed by atoms with Gasteiger partial charge >= 0.3 is 6.01 Å². The van der Waals surface area contributed by atoms with Crippen LogP contribution in [0.3, 0.4) is 0 Å². The molecule has 0 atom stereocenters. The quantitative estimate of drug-likeness (QED) is 0.383. The number of terminal acetylenes is 1. The molecular weight excluding hydrogens is 460 g/mol. The summed E-state index contributed by atoms with van der Waals surface area (Å²) in [6.07, 6.45) is 12.9. The molecule has 0 unspecified atom stereocenters. The number of ether oxygens (including phenoxy) is 1. The summed E-state index contributed by atoms with van der Waals surface area (Å²) in [5.41, 5.74) is 0.448. The molecule has 2 saturated heterocycles. The Labute approximate surface area is 206 Å². The fourth-order valence-corrected chi connectivity index (χ4v) is 5.70. The highest BCUT2D eigenvalue weighted by molar-refractivity contribution is 6.02. The molecule has 0 spiro atoms. The molecule has 4 heterocycles. The van der Waals surface area contributed by atoms with Crippen molar-refractivity contribution in [3.63, 3.8) is 0 Å². The Hall–Kier alpha value is -4.14. The number of benzene rings is 2. The normalized spacial score (nSPS) is 16.7. The standard InChI is InChI=1S/C28H21F2N5O/c1-2-20-22(29)6-5-18-11-17(13-31)12-21(23(18)20)26-24(30)25-19(14-32-26)15-33-27(34-25)36-16-28-7-3-9-35(28)10-4-8-28/h1,5-6,11-12,14-15H,3-4,7-10,16H2. The van der Waals surface area contributed by atoms with E-state index < -0.39 is 11.6 Å². The first-order valence-electron chi connectivity index (χ1n) is 11.9. The summed E-state index contributed by atoms with van der Waals surface area (Å²) in [6, 6.07) is 7.95. The number of rotatable bonds is 4. The average Bonchev–Trinajstić information content (AvgIpc) is 3.48. The van der Waals surface area contributed by atoms with Gasteiger partial charge in [-0.15, -0.1) is 6.42 Å². The van der Waals surface area contributed by atoms with Crippen molar-refractivity contribution in [1.29, 1.82) is 5.26 Å². The minimum absolute atomic E-state index is 0.00656. The van der Waals surface area contributed by atoms with Crippen molar-refractivity contribution in [2.45, 2.75) is 31.2 Å². The van der Waals surface area contributed by atoms with Crippen LogP contribution in [0.5, 0.6) is 6.01 Å². The third kappa shape index (κ3) is 3.45. The molecule has 36 heavy (non-hydrogen) atoms. The molecule has 0 bridgehead atoms. The van der Waals surface area contributed by atoms with E-state index in [-0.39, 0.29) is 39.5 Å². The van der Waals surface area contributed by atoms with Crippen molar-refractivity contribution in [2.24, 2.45) is 0 Å². The van der Waals surface area contributed by atoms with Gasteiger partial charge in [0.15, 0.2) is 5.82 Å². The van der Waals surface area contributed by atoms with Gasteiger partial charge in [0.2, 0.25) is 0 Å². The van der Waals surface area contributed by atoms with E-state index in [2.05, 4.69) is 31.8 Å². The Morgan fingerprint density at radius 1 is 1.08 bits per heavy atom. The highest BCUT2D eigenvalue weighted by Crippen LogP contribution is 2.39. The van der Waals surface area contributed by atoms with Gasteiger partial charge in [0.05, 0.1) is 22.7 Å². The minimum Gasteiger partial charge on any atom is -0.461 e. The van der Waals surface area contributed by atoms with Crippen molar-refractivity contribution >= 4 is 21.7 Å². The molecule has 0 radical (unpaired) electrons. The smallest absolute Gasteiger partial charge is 0.317 e. The summed E-state index contributed by atoms with van der Waals surface area (Å²) in [4.78, 5) is 15.4. The van der Waals surface area contributed by atoms with Crippen LogP contribution in [-0.4, -0.2) is 45.1 Å². The second-order valence-electron chi connectivity index (χ2n) is 9.38. The summed E-state index contributed by atoms with van der Waals surface area (Å²) < 4.78 is 36.5. The number of aromatic nitrogens is 3. The maximum atomic E-state index is 15.9. The number of hydrogen-bond acceptors (Lipinski definition) is 6. The summed E-state index contributed by atoms with van der Waals surface area (Å²) in [6.45, 7) is 2.60. The molecule has 178 valence electrons. The zero-order chi connectivity index (χ0) is 24.9. The van der Waals surface area contributed by atoms with Gasteiger partial charge in [-0.2, -0.15) is 10.2 Å². The van der Waals surface area contributed by atoms with Crippen LogP contribution in [0, 0.1) is 35.3 Å². The second kappa shape index (κ2) is 8.51. The Kier molecular flexibility index (Phi) is 5.28. The van der Waals surface area contributed by atoms with Crippen LogP contribution in [0.4, 0.5) is 8.78 Å². The van der Waals surface area contributed by atoms with Gasteiger partial charge in [-0.05, 0) is 62.4 Å². The third-order valence-corrected chi connectivity index (χ3v) is 7.42. The van der Waals surface area contributed by atoms with E-state index in [0.717, 1.165) is 38.8 Å². The maximum Gasteiger partial charge on any atom is 0.317 e. The van der Waals surface area contributed by atoms with Gasteiger partial charge < -0.3 is 4.74 Å². The van der Waals surface area contributed by atoms with Crippen LogP contribution in [0.1, 0.15) is 36.8 Å². The van der Waals surface area contributed by atoms with Crippen LogP contribution in [0.15, 0.2) is 36.7 Å². The lowest BCUT2D eigenvalue weighted by Crippen LogP contribution is -2.43. The van der Waals surface area contributed by atoms with E-state index in [1.165, 1.54) is 30.6 Å². The Bertz CT molecular complexity index is 1610. The number of pyridine rings is 1. The van der Waals surface area contributed by atoms with Crippen molar-refractivity contribution in [3.05, 3.63) is 59.4 Å². The number of fused-ring (bicyclic) bond motifs is 3. The molecule has 8 heteroatoms. The van der Waals surface area contributed by atoms with Crippen LogP contribution in [0.2, 0.25) is 0 Å². The molecule has 0 N–H and O–H groups in total. The van der Waals surface area contributed by atoms with Crippen molar-refractivity contribution in [3.8, 4) is 35.7 Å². The van der Waals surface area contributed by atoms with Crippen LogP contribution in [-0.2, 0) is 0 Å². The highest BCUT2D eigenvalue weighted by atomic mass is 19.1. The molecule has 0 amide bonds. The first kappa shape index (κ1) is 22.3. The molecule has 6 nitrogen and oxygen atoms in total. The first-order chi connectivity index (χ1) is 17.5. The third-order valence-electron chi connectivity index (χ3n) is 7.42. The number of halogens is 2. The zero-order valence-corrected chi connectivity index (χ0v) is 19.4. The lowest BCUT2D eigenvalue weighted by molar-refractivity contribution is 0.108. The number of nitriles is 1. The molecule has 2 aliphatic rings. The summed E-state index contributed by atoms with van der Waals surface area (Å²) in [5.74, 6) is 1.03. The lowest BCUT2D eigenvalue weighted by Gasteiger charge is -2.31. The van der Waals surface area contributed by atoms with E-state index in [9.17, 15) is 9.65 Å². The largest absolute Gasteiger partial charge is 0.461 e. The highest BCUT2D eigenvalue weighted by Gasteiger charge is 2.45. The van der Waals surface area contributed by atoms with Gasteiger partial charge in [-0.3, -0.25) is 9.88 Å². The van der Waals surface area contributed by atoms with Crippen molar-refractivity contribution in [2.75, 3.05) is 19.7 Å².